The first-order chi connectivity index (χ1) is 9.60. The van der Waals surface area contributed by atoms with Gasteiger partial charge in [-0.3, -0.25) is 14.9 Å². The van der Waals surface area contributed by atoms with E-state index in [0.29, 0.717) is 6.42 Å². The molecule has 0 saturated heterocycles. The molecule has 0 saturated carbocycles. The van der Waals surface area contributed by atoms with Gasteiger partial charge >= 0.3 is 0 Å². The third kappa shape index (κ3) is 5.65. The summed E-state index contributed by atoms with van der Waals surface area (Å²) in [4.78, 5) is 25.6. The predicted molar refractivity (Wildman–Crippen MR) is 78.3 cm³/mol. The number of nitrogens with zero attached hydrogens (tertiary/aromatic N) is 2. The highest BCUT2D eigenvalue weighted by Gasteiger charge is 2.20. The van der Waals surface area contributed by atoms with Crippen LogP contribution >= 0.6 is 11.6 Å². The molecular weight excluding hydrogens is 298 g/mol. The Morgan fingerprint density at radius 2 is 2.19 bits per heavy atom. The molecule has 0 aliphatic carbocycles. The number of amides is 1. The average molecular weight is 316 g/mol. The van der Waals surface area contributed by atoms with Gasteiger partial charge in [0.05, 0.1) is 16.6 Å². The second kappa shape index (κ2) is 6.82. The van der Waals surface area contributed by atoms with E-state index in [9.17, 15) is 20.0 Å². The summed E-state index contributed by atoms with van der Waals surface area (Å²) in [5.41, 5.74) is -0.483. The smallest absolute Gasteiger partial charge is 0.288 e. The zero-order valence-electron chi connectivity index (χ0n) is 12.1. The number of carbonyl (C=O) groups excluding carboxylic acids is 1. The third-order valence-electron chi connectivity index (χ3n) is 2.63. The monoisotopic (exact) mass is 315 g/mol. The summed E-state index contributed by atoms with van der Waals surface area (Å²) >= 11 is 5.76. The second-order valence-corrected chi connectivity index (χ2v) is 6.28. The molecule has 0 radical (unpaired) electrons. The Hall–Kier alpha value is -1.73. The molecule has 1 atom stereocenters. The summed E-state index contributed by atoms with van der Waals surface area (Å²) in [6, 6.07) is 1.06. The van der Waals surface area contributed by atoms with Gasteiger partial charge in [0, 0.05) is 12.6 Å². The molecule has 7 nitrogen and oxygen atoms in total. The van der Waals surface area contributed by atoms with Crippen molar-refractivity contribution in [2.24, 2.45) is 5.41 Å². The van der Waals surface area contributed by atoms with Gasteiger partial charge < -0.3 is 10.4 Å². The molecule has 1 rings (SSSR count). The molecular formula is C13H18ClN3O4. The van der Waals surface area contributed by atoms with Crippen molar-refractivity contribution < 1.29 is 14.8 Å². The van der Waals surface area contributed by atoms with E-state index in [0.717, 1.165) is 12.3 Å². The number of nitrogens with one attached hydrogen (secondary N) is 1. The first-order valence-electron chi connectivity index (χ1n) is 6.36. The van der Waals surface area contributed by atoms with E-state index >= 15 is 0 Å². The molecule has 0 fully saturated rings. The van der Waals surface area contributed by atoms with E-state index < -0.39 is 16.9 Å². The number of aromatic nitrogens is 1. The van der Waals surface area contributed by atoms with Crippen LogP contribution in [0, 0.1) is 15.5 Å². The summed E-state index contributed by atoms with van der Waals surface area (Å²) in [5.74, 6) is -0.607. The van der Waals surface area contributed by atoms with Crippen LogP contribution in [0.3, 0.4) is 0 Å². The fourth-order valence-corrected chi connectivity index (χ4v) is 1.97. The van der Waals surface area contributed by atoms with Gasteiger partial charge in [0.15, 0.2) is 0 Å². The zero-order chi connectivity index (χ0) is 16.2. The van der Waals surface area contributed by atoms with Crippen LogP contribution in [0.2, 0.25) is 5.15 Å². The number of aliphatic hydroxyl groups excluding tert-OH is 1. The third-order valence-corrected chi connectivity index (χ3v) is 2.93. The molecule has 21 heavy (non-hydrogen) atoms. The first kappa shape index (κ1) is 17.3. The van der Waals surface area contributed by atoms with Crippen LogP contribution in [0.4, 0.5) is 5.69 Å². The largest absolute Gasteiger partial charge is 0.391 e. The molecule has 0 aliphatic rings. The van der Waals surface area contributed by atoms with Crippen molar-refractivity contribution in [3.63, 3.8) is 0 Å². The lowest BCUT2D eigenvalue weighted by Gasteiger charge is -2.22. The van der Waals surface area contributed by atoms with Crippen molar-refractivity contribution in [2.45, 2.75) is 33.3 Å². The summed E-state index contributed by atoms with van der Waals surface area (Å²) in [6.07, 6.45) is 0.779. The first-order valence-corrected chi connectivity index (χ1v) is 6.74. The van der Waals surface area contributed by atoms with Crippen molar-refractivity contribution in [3.8, 4) is 0 Å². The molecule has 8 heteroatoms. The summed E-state index contributed by atoms with van der Waals surface area (Å²) < 4.78 is 0. The van der Waals surface area contributed by atoms with E-state index in [-0.39, 0.29) is 28.4 Å². The standard InChI is InChI=1S/C13H18ClN3O4/c1-13(2,3)5-9(18)7-16-12(19)10-4-8(17(20)21)6-15-11(10)14/h4,6,9,18H,5,7H2,1-3H3,(H,16,19). The number of hydrogen-bond acceptors (Lipinski definition) is 5. The highest BCUT2D eigenvalue weighted by Crippen LogP contribution is 2.21. The Morgan fingerprint density at radius 1 is 1.57 bits per heavy atom. The lowest BCUT2D eigenvalue weighted by Crippen LogP contribution is -2.34. The minimum absolute atomic E-state index is 0.0368. The molecule has 0 spiro atoms. The van der Waals surface area contributed by atoms with Crippen LogP contribution in [0.1, 0.15) is 37.6 Å². The number of carbonyl (C=O) groups is 1. The Balaban J connectivity index is 2.72. The molecule has 0 aromatic carbocycles. The molecule has 116 valence electrons. The lowest BCUT2D eigenvalue weighted by molar-refractivity contribution is -0.385. The highest BCUT2D eigenvalue weighted by molar-refractivity contribution is 6.32. The SMILES string of the molecule is CC(C)(C)CC(O)CNC(=O)c1cc([N+](=O)[O-])cnc1Cl. The van der Waals surface area contributed by atoms with Crippen LogP contribution in [0.5, 0.6) is 0 Å². The molecule has 0 bridgehead atoms. The van der Waals surface area contributed by atoms with Crippen molar-refractivity contribution in [1.29, 1.82) is 0 Å². The maximum Gasteiger partial charge on any atom is 0.288 e. The molecule has 1 unspecified atom stereocenters. The van der Waals surface area contributed by atoms with Gasteiger partial charge in [-0.25, -0.2) is 4.98 Å². The van der Waals surface area contributed by atoms with Gasteiger partial charge in [0.1, 0.15) is 11.3 Å². The van der Waals surface area contributed by atoms with Crippen molar-refractivity contribution in [1.82, 2.24) is 10.3 Å². The van der Waals surface area contributed by atoms with E-state index in [1.807, 2.05) is 20.8 Å². The van der Waals surface area contributed by atoms with E-state index in [4.69, 9.17) is 11.6 Å². The van der Waals surface area contributed by atoms with Crippen LogP contribution in [0.15, 0.2) is 12.3 Å². The Kier molecular flexibility index (Phi) is 5.62. The molecule has 1 aromatic rings. The van der Waals surface area contributed by atoms with Gasteiger partial charge in [-0.15, -0.1) is 0 Å². The molecule has 1 heterocycles. The maximum atomic E-state index is 11.9. The second-order valence-electron chi connectivity index (χ2n) is 5.92. The fraction of sp³-hybridized carbons (Fsp3) is 0.538. The Labute approximate surface area is 127 Å². The van der Waals surface area contributed by atoms with Gasteiger partial charge in [-0.05, 0) is 11.8 Å². The topological polar surface area (TPSA) is 105 Å². The van der Waals surface area contributed by atoms with Crippen molar-refractivity contribution >= 4 is 23.2 Å². The number of pyridine rings is 1. The van der Waals surface area contributed by atoms with Gasteiger partial charge in [-0.2, -0.15) is 0 Å². The number of rotatable bonds is 5. The molecule has 2 N–H and O–H groups in total. The summed E-state index contributed by atoms with van der Waals surface area (Å²) in [7, 11) is 0. The van der Waals surface area contributed by atoms with Crippen LogP contribution in [-0.2, 0) is 0 Å². The predicted octanol–water partition coefficient (Wildman–Crippen LogP) is 2.17. The van der Waals surface area contributed by atoms with Crippen LogP contribution < -0.4 is 5.32 Å². The molecule has 1 aromatic heterocycles. The minimum Gasteiger partial charge on any atom is -0.391 e. The number of nitro groups is 1. The fourth-order valence-electron chi connectivity index (χ4n) is 1.78. The normalized spacial score (nSPS) is 12.8. The van der Waals surface area contributed by atoms with Gasteiger partial charge in [-0.1, -0.05) is 32.4 Å². The Morgan fingerprint density at radius 3 is 2.71 bits per heavy atom. The molecule has 1 amide bonds. The van der Waals surface area contributed by atoms with Crippen molar-refractivity contribution in [3.05, 3.63) is 33.1 Å². The molecule has 0 aliphatic heterocycles. The van der Waals surface area contributed by atoms with E-state index in [1.54, 1.807) is 0 Å². The minimum atomic E-state index is -0.709. The highest BCUT2D eigenvalue weighted by atomic mass is 35.5. The lowest BCUT2D eigenvalue weighted by atomic mass is 9.89. The van der Waals surface area contributed by atoms with Gasteiger partial charge in [0.25, 0.3) is 11.6 Å². The van der Waals surface area contributed by atoms with E-state index in [1.165, 1.54) is 0 Å². The van der Waals surface area contributed by atoms with E-state index in [2.05, 4.69) is 10.3 Å². The summed E-state index contributed by atoms with van der Waals surface area (Å²) in [5, 5.41) is 22.9. The van der Waals surface area contributed by atoms with Crippen molar-refractivity contribution in [2.75, 3.05) is 6.54 Å². The zero-order valence-corrected chi connectivity index (χ0v) is 12.8. The number of halogens is 1. The van der Waals surface area contributed by atoms with Crippen LogP contribution in [-0.4, -0.2) is 33.6 Å². The summed E-state index contributed by atoms with van der Waals surface area (Å²) in [6.45, 7) is 5.95. The maximum absolute atomic E-state index is 11.9. The Bertz CT molecular complexity index is 543. The van der Waals surface area contributed by atoms with Gasteiger partial charge in [0.2, 0.25) is 0 Å². The number of hydrogen-bond donors (Lipinski definition) is 2. The number of aliphatic hydroxyl groups is 1. The average Bonchev–Trinajstić information content (AvgIpc) is 2.34. The quantitative estimate of drug-likeness (QED) is 0.492. The van der Waals surface area contributed by atoms with Crippen LogP contribution in [0.25, 0.3) is 0 Å².